The zero-order chi connectivity index (χ0) is 21.7. The number of carbonyl (C=O) groups is 2. The average Bonchev–Trinajstić information content (AvgIpc) is 3.08. The van der Waals surface area contributed by atoms with E-state index in [1.807, 2.05) is 24.3 Å². The molecule has 0 unspecified atom stereocenters. The van der Waals surface area contributed by atoms with Crippen molar-refractivity contribution >= 4 is 28.2 Å². The highest BCUT2D eigenvalue weighted by Gasteiger charge is 2.26. The third kappa shape index (κ3) is 5.29. The highest BCUT2D eigenvalue weighted by atomic mass is 32.1. The van der Waals surface area contributed by atoms with E-state index in [9.17, 15) is 9.59 Å². The lowest BCUT2D eigenvalue weighted by atomic mass is 9.87. The lowest BCUT2D eigenvalue weighted by Crippen LogP contribution is -2.27. The van der Waals surface area contributed by atoms with Crippen LogP contribution in [0, 0.1) is 0 Å². The fourth-order valence-corrected chi connectivity index (χ4v) is 4.98. The lowest BCUT2D eigenvalue weighted by molar-refractivity contribution is 0.0948. The van der Waals surface area contributed by atoms with E-state index in [0.29, 0.717) is 29.3 Å². The van der Waals surface area contributed by atoms with Gasteiger partial charge in [0.15, 0.2) is 0 Å². The maximum Gasteiger partial charge on any atom is 0.256 e. The highest BCUT2D eigenvalue weighted by Crippen LogP contribution is 2.38. The molecule has 1 aliphatic carbocycles. The number of aryl methyl sites for hydroxylation is 1. The van der Waals surface area contributed by atoms with Crippen molar-refractivity contribution < 1.29 is 14.3 Å². The Morgan fingerprint density at radius 1 is 1.07 bits per heavy atom. The van der Waals surface area contributed by atoms with Gasteiger partial charge in [0.05, 0.1) is 5.56 Å². The quantitative estimate of drug-likeness (QED) is 0.614. The smallest absolute Gasteiger partial charge is 0.256 e. The molecule has 3 rings (SSSR count). The molecule has 2 N–H and O–H groups in total. The van der Waals surface area contributed by atoms with Gasteiger partial charge in [0.25, 0.3) is 11.8 Å². The summed E-state index contributed by atoms with van der Waals surface area (Å²) in [4.78, 5) is 27.1. The summed E-state index contributed by atoms with van der Waals surface area (Å²) in [7, 11) is 1.65. The van der Waals surface area contributed by atoms with Crippen molar-refractivity contribution in [2.75, 3.05) is 25.6 Å². The summed E-state index contributed by atoms with van der Waals surface area (Å²) in [5, 5.41) is 6.67. The Balaban J connectivity index is 1.80. The van der Waals surface area contributed by atoms with Gasteiger partial charge in [0.2, 0.25) is 0 Å². The molecule has 0 atom stereocenters. The van der Waals surface area contributed by atoms with Crippen LogP contribution < -0.4 is 10.6 Å². The van der Waals surface area contributed by atoms with Crippen LogP contribution in [-0.2, 0) is 23.0 Å². The summed E-state index contributed by atoms with van der Waals surface area (Å²) in [6.45, 7) is 7.61. The molecule has 0 bridgehead atoms. The number of hydrogen-bond acceptors (Lipinski definition) is 4. The largest absolute Gasteiger partial charge is 0.385 e. The Kier molecular flexibility index (Phi) is 7.32. The van der Waals surface area contributed by atoms with Gasteiger partial charge in [0, 0.05) is 30.7 Å². The zero-order valence-electron chi connectivity index (χ0n) is 18.4. The Hall–Kier alpha value is -2.18. The van der Waals surface area contributed by atoms with Gasteiger partial charge in [0.1, 0.15) is 5.00 Å². The van der Waals surface area contributed by atoms with E-state index in [4.69, 9.17) is 4.74 Å². The topological polar surface area (TPSA) is 67.4 Å². The van der Waals surface area contributed by atoms with Gasteiger partial charge in [-0.2, -0.15) is 0 Å². The third-order valence-electron chi connectivity index (χ3n) is 5.45. The Labute approximate surface area is 183 Å². The van der Waals surface area contributed by atoms with Crippen LogP contribution >= 0.6 is 11.3 Å². The monoisotopic (exact) mass is 428 g/mol. The minimum absolute atomic E-state index is 0.0376. The molecule has 30 heavy (non-hydrogen) atoms. The van der Waals surface area contributed by atoms with Crippen molar-refractivity contribution in [1.29, 1.82) is 0 Å². The van der Waals surface area contributed by atoms with Crippen LogP contribution in [0.1, 0.15) is 76.8 Å². The van der Waals surface area contributed by atoms with Gasteiger partial charge in [-0.25, -0.2) is 0 Å². The number of hydrogen-bond donors (Lipinski definition) is 2. The van der Waals surface area contributed by atoms with Gasteiger partial charge in [-0.3, -0.25) is 9.59 Å². The number of thiophene rings is 1. The molecule has 1 aromatic heterocycles. The van der Waals surface area contributed by atoms with E-state index >= 15 is 0 Å². The second-order valence-electron chi connectivity index (χ2n) is 8.80. The van der Waals surface area contributed by atoms with Gasteiger partial charge in [-0.15, -0.1) is 11.3 Å². The van der Waals surface area contributed by atoms with Crippen molar-refractivity contribution in [3.63, 3.8) is 0 Å². The maximum absolute atomic E-state index is 12.9. The minimum Gasteiger partial charge on any atom is -0.385 e. The summed E-state index contributed by atoms with van der Waals surface area (Å²) in [6, 6.07) is 7.71. The summed E-state index contributed by atoms with van der Waals surface area (Å²) in [5.74, 6) is -0.286. The number of carbonyl (C=O) groups excluding carboxylic acids is 2. The predicted molar refractivity (Wildman–Crippen MR) is 123 cm³/mol. The third-order valence-corrected chi connectivity index (χ3v) is 6.66. The Morgan fingerprint density at radius 2 is 1.77 bits per heavy atom. The molecule has 162 valence electrons. The number of fused-ring (bicyclic) bond motifs is 1. The van der Waals surface area contributed by atoms with Gasteiger partial charge in [-0.05, 0) is 60.8 Å². The molecule has 6 heteroatoms. The van der Waals surface area contributed by atoms with Crippen molar-refractivity contribution in [3.8, 4) is 0 Å². The first-order chi connectivity index (χ1) is 14.3. The molecule has 5 nitrogen and oxygen atoms in total. The van der Waals surface area contributed by atoms with Crippen molar-refractivity contribution in [2.45, 2.75) is 58.3 Å². The van der Waals surface area contributed by atoms with Gasteiger partial charge >= 0.3 is 0 Å². The first-order valence-electron chi connectivity index (χ1n) is 10.6. The molecular formula is C24H32N2O3S. The van der Waals surface area contributed by atoms with Crippen molar-refractivity contribution in [1.82, 2.24) is 5.32 Å². The van der Waals surface area contributed by atoms with Crippen LogP contribution in [0.3, 0.4) is 0 Å². The first-order valence-corrected chi connectivity index (χ1v) is 11.5. The molecule has 0 saturated heterocycles. The Morgan fingerprint density at radius 3 is 2.43 bits per heavy atom. The van der Waals surface area contributed by atoms with E-state index in [1.165, 1.54) is 10.4 Å². The molecule has 0 spiro atoms. The average molecular weight is 429 g/mol. The molecule has 1 aliphatic rings. The Bertz CT molecular complexity index is 894. The van der Waals surface area contributed by atoms with Crippen LogP contribution in [0.25, 0.3) is 0 Å². The van der Waals surface area contributed by atoms with Crippen LogP contribution in [-0.4, -0.2) is 32.1 Å². The summed E-state index contributed by atoms with van der Waals surface area (Å²) >= 11 is 1.55. The fraction of sp³-hybridized carbons (Fsp3) is 0.500. The number of nitrogens with one attached hydrogen (secondary N) is 2. The molecule has 2 aromatic rings. The van der Waals surface area contributed by atoms with E-state index in [2.05, 4.69) is 31.4 Å². The maximum atomic E-state index is 12.9. The highest BCUT2D eigenvalue weighted by molar-refractivity contribution is 7.17. The summed E-state index contributed by atoms with van der Waals surface area (Å²) in [5.41, 5.74) is 3.57. The number of amides is 2. The predicted octanol–water partition coefficient (Wildman–Crippen LogP) is 4.94. The lowest BCUT2D eigenvalue weighted by Gasteiger charge is -2.19. The molecule has 2 amide bonds. The summed E-state index contributed by atoms with van der Waals surface area (Å²) < 4.78 is 5.05. The molecule has 0 saturated carbocycles. The van der Waals surface area contributed by atoms with E-state index in [-0.39, 0.29) is 17.2 Å². The van der Waals surface area contributed by atoms with E-state index in [0.717, 1.165) is 37.7 Å². The molecular weight excluding hydrogens is 396 g/mol. The van der Waals surface area contributed by atoms with E-state index in [1.54, 1.807) is 18.4 Å². The number of rotatable bonds is 7. The number of methoxy groups -OCH3 is 1. The zero-order valence-corrected chi connectivity index (χ0v) is 19.2. The minimum atomic E-state index is -0.178. The van der Waals surface area contributed by atoms with Crippen molar-refractivity contribution in [3.05, 3.63) is 51.4 Å². The number of anilines is 1. The van der Waals surface area contributed by atoms with Gasteiger partial charge < -0.3 is 15.4 Å². The molecule has 1 aromatic carbocycles. The molecule has 0 radical (unpaired) electrons. The van der Waals surface area contributed by atoms with Crippen LogP contribution in [0.15, 0.2) is 24.3 Å². The van der Waals surface area contributed by atoms with E-state index < -0.39 is 0 Å². The second kappa shape index (κ2) is 9.75. The van der Waals surface area contributed by atoms with Crippen LogP contribution in [0.5, 0.6) is 0 Å². The first kappa shape index (κ1) is 22.5. The standard InChI is InChI=1S/C24H32N2O3S/c1-24(2,3)17-12-10-16(11-13-17)21(27)26-23-20(22(28)25-14-7-15-29-4)18-8-5-6-9-19(18)30-23/h10-13H,5-9,14-15H2,1-4H3,(H,25,28)(H,26,27). The van der Waals surface area contributed by atoms with Gasteiger partial charge in [-0.1, -0.05) is 32.9 Å². The van der Waals surface area contributed by atoms with Crippen LogP contribution in [0.4, 0.5) is 5.00 Å². The molecule has 0 fully saturated rings. The molecule has 1 heterocycles. The fourth-order valence-electron chi connectivity index (χ4n) is 3.70. The normalized spacial score (nSPS) is 13.6. The number of ether oxygens (including phenoxy) is 1. The molecule has 0 aliphatic heterocycles. The SMILES string of the molecule is COCCCNC(=O)c1c(NC(=O)c2ccc(C(C)(C)C)cc2)sc2c1CCCC2. The second-order valence-corrected chi connectivity index (χ2v) is 9.90. The number of benzene rings is 1. The summed E-state index contributed by atoms with van der Waals surface area (Å²) in [6.07, 6.45) is 4.83. The van der Waals surface area contributed by atoms with Crippen LogP contribution in [0.2, 0.25) is 0 Å². The van der Waals surface area contributed by atoms with Crippen molar-refractivity contribution in [2.24, 2.45) is 0 Å².